The van der Waals surface area contributed by atoms with Crippen LogP contribution in [-0.2, 0) is 17.9 Å². The molecule has 29 heavy (non-hydrogen) atoms. The second-order valence-corrected chi connectivity index (χ2v) is 7.34. The van der Waals surface area contributed by atoms with Crippen LogP contribution in [0.3, 0.4) is 0 Å². The number of aromatic nitrogens is 2. The van der Waals surface area contributed by atoms with Gasteiger partial charge in [-0.05, 0) is 37.1 Å². The minimum atomic E-state index is 0.147. The fraction of sp³-hybridized carbons (Fsp3) is 0.391. The van der Waals surface area contributed by atoms with Gasteiger partial charge in [-0.25, -0.2) is 4.98 Å². The Balaban J connectivity index is 1.58. The molecule has 1 aliphatic rings. The molecule has 6 heteroatoms. The number of benzene rings is 2. The molecule has 2 heterocycles. The van der Waals surface area contributed by atoms with Crippen LogP contribution in [0, 0.1) is 0 Å². The standard InChI is InChI=1S/C23H27N3O3/c1-28-20-12-6-7-13-21(20)29-17-22-24-18-10-4-5-11-19(18)26(22)16-23(27)25-14-8-2-3-9-15-25/h4-7,10-13H,2-3,8-9,14-17H2,1H3. The van der Waals surface area contributed by atoms with Crippen LogP contribution in [0.4, 0.5) is 0 Å². The highest BCUT2D eigenvalue weighted by Crippen LogP contribution is 2.27. The van der Waals surface area contributed by atoms with Crippen molar-refractivity contribution in [1.29, 1.82) is 0 Å². The molecule has 0 saturated carbocycles. The first-order chi connectivity index (χ1) is 14.3. The van der Waals surface area contributed by atoms with Crippen LogP contribution in [0.15, 0.2) is 48.5 Å². The van der Waals surface area contributed by atoms with E-state index in [0.29, 0.717) is 11.5 Å². The molecule has 0 bridgehead atoms. The molecular formula is C23H27N3O3. The molecule has 0 unspecified atom stereocenters. The number of amides is 1. The molecule has 1 aromatic heterocycles. The van der Waals surface area contributed by atoms with Gasteiger partial charge in [0.05, 0.1) is 18.1 Å². The van der Waals surface area contributed by atoms with E-state index >= 15 is 0 Å². The number of likely N-dealkylation sites (tertiary alicyclic amines) is 1. The van der Waals surface area contributed by atoms with Gasteiger partial charge in [0.25, 0.3) is 0 Å². The van der Waals surface area contributed by atoms with E-state index in [-0.39, 0.29) is 19.1 Å². The van der Waals surface area contributed by atoms with Crippen LogP contribution >= 0.6 is 0 Å². The van der Waals surface area contributed by atoms with E-state index in [1.165, 1.54) is 12.8 Å². The second kappa shape index (κ2) is 8.99. The molecule has 1 saturated heterocycles. The molecular weight excluding hydrogens is 366 g/mol. The summed E-state index contributed by atoms with van der Waals surface area (Å²) in [4.78, 5) is 19.7. The number of nitrogens with zero attached hydrogens (tertiary/aromatic N) is 3. The lowest BCUT2D eigenvalue weighted by atomic mass is 10.2. The van der Waals surface area contributed by atoms with Gasteiger partial charge in [0.2, 0.25) is 5.91 Å². The maximum Gasteiger partial charge on any atom is 0.242 e. The molecule has 1 amide bonds. The average Bonchev–Trinajstić information content (AvgIpc) is 2.92. The van der Waals surface area contributed by atoms with Crippen LogP contribution in [0.25, 0.3) is 11.0 Å². The van der Waals surface area contributed by atoms with Gasteiger partial charge in [-0.1, -0.05) is 37.1 Å². The van der Waals surface area contributed by atoms with Crippen molar-refractivity contribution in [2.24, 2.45) is 0 Å². The van der Waals surface area contributed by atoms with Crippen molar-refractivity contribution in [2.75, 3.05) is 20.2 Å². The minimum absolute atomic E-state index is 0.147. The number of hydrogen-bond acceptors (Lipinski definition) is 4. The second-order valence-electron chi connectivity index (χ2n) is 7.34. The Kier molecular flexibility index (Phi) is 5.98. The molecule has 1 fully saturated rings. The van der Waals surface area contributed by atoms with E-state index < -0.39 is 0 Å². The summed E-state index contributed by atoms with van der Waals surface area (Å²) in [7, 11) is 1.62. The normalized spacial score (nSPS) is 14.6. The van der Waals surface area contributed by atoms with E-state index in [4.69, 9.17) is 14.5 Å². The maximum absolute atomic E-state index is 13.0. The van der Waals surface area contributed by atoms with Gasteiger partial charge in [-0.3, -0.25) is 4.79 Å². The summed E-state index contributed by atoms with van der Waals surface area (Å²) in [5.74, 6) is 2.22. The Labute approximate surface area is 171 Å². The van der Waals surface area contributed by atoms with Crippen molar-refractivity contribution in [2.45, 2.75) is 38.8 Å². The monoisotopic (exact) mass is 393 g/mol. The number of ether oxygens (including phenoxy) is 2. The zero-order chi connectivity index (χ0) is 20.1. The van der Waals surface area contributed by atoms with Crippen LogP contribution in [0.5, 0.6) is 11.5 Å². The molecule has 2 aromatic carbocycles. The van der Waals surface area contributed by atoms with Gasteiger partial charge >= 0.3 is 0 Å². The zero-order valence-electron chi connectivity index (χ0n) is 16.8. The van der Waals surface area contributed by atoms with Crippen molar-refractivity contribution < 1.29 is 14.3 Å². The highest BCUT2D eigenvalue weighted by atomic mass is 16.5. The average molecular weight is 393 g/mol. The highest BCUT2D eigenvalue weighted by molar-refractivity contribution is 5.81. The SMILES string of the molecule is COc1ccccc1OCc1nc2ccccc2n1CC(=O)N1CCCCCC1. The Hall–Kier alpha value is -3.02. The lowest BCUT2D eigenvalue weighted by Crippen LogP contribution is -2.35. The Morgan fingerprint density at radius 1 is 0.966 bits per heavy atom. The van der Waals surface area contributed by atoms with Gasteiger partial charge < -0.3 is 18.9 Å². The quantitative estimate of drug-likeness (QED) is 0.635. The number of carbonyl (C=O) groups is 1. The van der Waals surface area contributed by atoms with Crippen LogP contribution in [0.1, 0.15) is 31.5 Å². The summed E-state index contributed by atoms with van der Waals surface area (Å²) in [6.45, 7) is 2.24. The van der Waals surface area contributed by atoms with Crippen LogP contribution in [0.2, 0.25) is 0 Å². The summed E-state index contributed by atoms with van der Waals surface area (Å²) in [6.07, 6.45) is 4.58. The van der Waals surface area contributed by atoms with E-state index in [1.807, 2.05) is 58.0 Å². The third kappa shape index (κ3) is 4.36. The summed E-state index contributed by atoms with van der Waals surface area (Å²) >= 11 is 0. The molecule has 4 rings (SSSR count). The van der Waals surface area contributed by atoms with Crippen LogP contribution in [-0.4, -0.2) is 40.6 Å². The molecule has 1 aliphatic heterocycles. The number of hydrogen-bond donors (Lipinski definition) is 0. The van der Waals surface area contributed by atoms with E-state index in [2.05, 4.69) is 0 Å². The first kappa shape index (κ1) is 19.3. The van der Waals surface area contributed by atoms with Crippen molar-refractivity contribution in [3.8, 4) is 11.5 Å². The van der Waals surface area contributed by atoms with Crippen LogP contribution < -0.4 is 9.47 Å². The van der Waals surface area contributed by atoms with Gasteiger partial charge in [0.15, 0.2) is 11.5 Å². The van der Waals surface area contributed by atoms with Crippen molar-refractivity contribution in [1.82, 2.24) is 14.5 Å². The molecule has 3 aromatic rings. The molecule has 0 N–H and O–H groups in total. The predicted molar refractivity (Wildman–Crippen MR) is 112 cm³/mol. The van der Waals surface area contributed by atoms with Crippen molar-refractivity contribution in [3.05, 3.63) is 54.4 Å². The maximum atomic E-state index is 13.0. The highest BCUT2D eigenvalue weighted by Gasteiger charge is 2.19. The summed E-state index contributed by atoms with van der Waals surface area (Å²) < 4.78 is 13.3. The number of carbonyl (C=O) groups excluding carboxylic acids is 1. The molecule has 0 radical (unpaired) electrons. The zero-order valence-corrected chi connectivity index (χ0v) is 16.8. The van der Waals surface area contributed by atoms with Crippen molar-refractivity contribution >= 4 is 16.9 Å². The summed E-state index contributed by atoms with van der Waals surface area (Å²) in [5, 5.41) is 0. The summed E-state index contributed by atoms with van der Waals surface area (Å²) in [5.41, 5.74) is 1.82. The predicted octanol–water partition coefficient (Wildman–Crippen LogP) is 4.03. The molecule has 6 nitrogen and oxygen atoms in total. The Morgan fingerprint density at radius 3 is 2.41 bits per heavy atom. The number of para-hydroxylation sites is 4. The topological polar surface area (TPSA) is 56.6 Å². The van der Waals surface area contributed by atoms with Gasteiger partial charge in [-0.2, -0.15) is 0 Å². The first-order valence-corrected chi connectivity index (χ1v) is 10.2. The fourth-order valence-electron chi connectivity index (χ4n) is 3.85. The largest absolute Gasteiger partial charge is 0.493 e. The number of rotatable bonds is 6. The number of methoxy groups -OCH3 is 1. The Bertz CT molecular complexity index is 974. The molecule has 0 spiro atoms. The third-order valence-electron chi connectivity index (χ3n) is 5.41. The van der Waals surface area contributed by atoms with E-state index in [0.717, 1.165) is 42.8 Å². The fourth-order valence-corrected chi connectivity index (χ4v) is 3.85. The van der Waals surface area contributed by atoms with Gasteiger partial charge in [-0.15, -0.1) is 0 Å². The molecule has 152 valence electrons. The number of imidazole rings is 1. The van der Waals surface area contributed by atoms with Crippen molar-refractivity contribution in [3.63, 3.8) is 0 Å². The first-order valence-electron chi connectivity index (χ1n) is 10.2. The lowest BCUT2D eigenvalue weighted by Gasteiger charge is -2.21. The lowest BCUT2D eigenvalue weighted by molar-refractivity contribution is -0.131. The van der Waals surface area contributed by atoms with Gasteiger partial charge in [0.1, 0.15) is 19.0 Å². The molecule has 0 atom stereocenters. The van der Waals surface area contributed by atoms with E-state index in [9.17, 15) is 4.79 Å². The third-order valence-corrected chi connectivity index (χ3v) is 5.41. The minimum Gasteiger partial charge on any atom is -0.493 e. The summed E-state index contributed by atoms with van der Waals surface area (Å²) in [6, 6.07) is 15.4. The molecule has 0 aliphatic carbocycles. The number of fused-ring (bicyclic) bond motifs is 1. The van der Waals surface area contributed by atoms with E-state index in [1.54, 1.807) is 7.11 Å². The van der Waals surface area contributed by atoms with Gasteiger partial charge in [0, 0.05) is 13.1 Å². The Morgan fingerprint density at radius 2 is 1.66 bits per heavy atom. The smallest absolute Gasteiger partial charge is 0.242 e.